The van der Waals surface area contributed by atoms with Crippen molar-refractivity contribution in [3.05, 3.63) is 34.9 Å². The first-order chi connectivity index (χ1) is 8.90. The molecule has 2 aromatic rings. The Morgan fingerprint density at radius 3 is 2.53 bits per heavy atom. The van der Waals surface area contributed by atoms with Crippen molar-refractivity contribution in [2.24, 2.45) is 14.1 Å². The molecular weight excluding hydrogens is 242 g/mol. The zero-order valence-electron chi connectivity index (χ0n) is 12.0. The van der Waals surface area contributed by atoms with Crippen molar-refractivity contribution in [3.8, 4) is 0 Å². The van der Waals surface area contributed by atoms with E-state index in [9.17, 15) is 4.79 Å². The summed E-state index contributed by atoms with van der Waals surface area (Å²) in [5.41, 5.74) is 3.36. The summed E-state index contributed by atoms with van der Waals surface area (Å²) in [6, 6.07) is 0. The monoisotopic (exact) mass is 261 g/mol. The number of aromatic nitrogens is 4. The summed E-state index contributed by atoms with van der Waals surface area (Å²) in [5.74, 6) is -0.00745. The second kappa shape index (κ2) is 4.87. The third kappa shape index (κ3) is 2.52. The van der Waals surface area contributed by atoms with Crippen molar-refractivity contribution in [2.45, 2.75) is 20.4 Å². The molecule has 0 saturated heterocycles. The smallest absolute Gasteiger partial charge is 0.257 e. The predicted molar refractivity (Wildman–Crippen MR) is 71.7 cm³/mol. The molecule has 2 heterocycles. The van der Waals surface area contributed by atoms with Gasteiger partial charge in [0.15, 0.2) is 0 Å². The van der Waals surface area contributed by atoms with Gasteiger partial charge in [0, 0.05) is 45.1 Å². The van der Waals surface area contributed by atoms with Gasteiger partial charge in [0.05, 0.1) is 17.5 Å². The molecular formula is C13H19N5O. The molecule has 0 unspecified atom stereocenters. The maximum Gasteiger partial charge on any atom is 0.257 e. The topological polar surface area (TPSA) is 56.0 Å². The molecule has 0 aliphatic carbocycles. The van der Waals surface area contributed by atoms with Crippen LogP contribution in [0.25, 0.3) is 0 Å². The van der Waals surface area contributed by atoms with Crippen molar-refractivity contribution < 1.29 is 4.79 Å². The molecule has 0 saturated carbocycles. The van der Waals surface area contributed by atoms with Crippen LogP contribution in [0.1, 0.15) is 27.3 Å². The lowest BCUT2D eigenvalue weighted by Crippen LogP contribution is -2.27. The molecule has 2 aromatic heterocycles. The molecule has 0 fully saturated rings. The van der Waals surface area contributed by atoms with Crippen LogP contribution < -0.4 is 0 Å². The van der Waals surface area contributed by atoms with Crippen LogP contribution in [-0.4, -0.2) is 37.4 Å². The number of rotatable bonds is 3. The van der Waals surface area contributed by atoms with Gasteiger partial charge in [0.2, 0.25) is 0 Å². The minimum absolute atomic E-state index is 0.00745. The van der Waals surface area contributed by atoms with E-state index in [-0.39, 0.29) is 5.91 Å². The van der Waals surface area contributed by atoms with E-state index in [0.717, 1.165) is 17.0 Å². The number of carbonyl (C=O) groups excluding carboxylic acids is 1. The molecule has 0 bridgehead atoms. The normalized spacial score (nSPS) is 10.8. The molecule has 0 N–H and O–H groups in total. The largest absolute Gasteiger partial charge is 0.337 e. The molecule has 2 rings (SSSR count). The predicted octanol–water partition coefficient (Wildman–Crippen LogP) is 1.04. The molecule has 6 nitrogen and oxygen atoms in total. The van der Waals surface area contributed by atoms with Crippen LogP contribution >= 0.6 is 0 Å². The van der Waals surface area contributed by atoms with Crippen LogP contribution in [0.3, 0.4) is 0 Å². The maximum atomic E-state index is 12.5. The van der Waals surface area contributed by atoms with Crippen molar-refractivity contribution in [1.82, 2.24) is 24.5 Å². The van der Waals surface area contributed by atoms with Crippen molar-refractivity contribution in [3.63, 3.8) is 0 Å². The zero-order chi connectivity index (χ0) is 14.2. The Morgan fingerprint density at radius 1 is 1.37 bits per heavy atom. The first kappa shape index (κ1) is 13.3. The number of carbonyl (C=O) groups is 1. The van der Waals surface area contributed by atoms with E-state index in [0.29, 0.717) is 12.1 Å². The Bertz CT molecular complexity index is 611. The van der Waals surface area contributed by atoms with Crippen molar-refractivity contribution >= 4 is 5.91 Å². The van der Waals surface area contributed by atoms with Gasteiger partial charge in [0.25, 0.3) is 5.91 Å². The van der Waals surface area contributed by atoms with Gasteiger partial charge in [-0.25, -0.2) is 0 Å². The Hall–Kier alpha value is -2.11. The second-order valence-corrected chi connectivity index (χ2v) is 4.85. The average molecular weight is 261 g/mol. The third-order valence-electron chi connectivity index (χ3n) is 3.25. The zero-order valence-corrected chi connectivity index (χ0v) is 12.0. The molecule has 1 amide bonds. The molecule has 19 heavy (non-hydrogen) atoms. The minimum Gasteiger partial charge on any atom is -0.337 e. The van der Waals surface area contributed by atoms with E-state index < -0.39 is 0 Å². The number of nitrogens with zero attached hydrogens (tertiary/aromatic N) is 5. The van der Waals surface area contributed by atoms with Gasteiger partial charge in [-0.2, -0.15) is 10.2 Å². The summed E-state index contributed by atoms with van der Waals surface area (Å²) in [7, 11) is 5.50. The van der Waals surface area contributed by atoms with Gasteiger partial charge in [-0.05, 0) is 13.8 Å². The first-order valence-corrected chi connectivity index (χ1v) is 6.13. The van der Waals surface area contributed by atoms with Gasteiger partial charge >= 0.3 is 0 Å². The first-order valence-electron chi connectivity index (χ1n) is 6.13. The van der Waals surface area contributed by atoms with Gasteiger partial charge in [0.1, 0.15) is 0 Å². The molecule has 0 aliphatic heterocycles. The van der Waals surface area contributed by atoms with Crippen LogP contribution in [0, 0.1) is 13.8 Å². The van der Waals surface area contributed by atoms with Crippen LogP contribution in [-0.2, 0) is 20.6 Å². The van der Waals surface area contributed by atoms with Gasteiger partial charge < -0.3 is 4.90 Å². The highest BCUT2D eigenvalue weighted by molar-refractivity contribution is 5.96. The van der Waals surface area contributed by atoms with E-state index in [1.54, 1.807) is 27.5 Å². The van der Waals surface area contributed by atoms with E-state index in [2.05, 4.69) is 10.2 Å². The maximum absolute atomic E-state index is 12.5. The van der Waals surface area contributed by atoms with Crippen molar-refractivity contribution in [2.75, 3.05) is 7.05 Å². The third-order valence-corrected chi connectivity index (χ3v) is 3.25. The lowest BCUT2D eigenvalue weighted by Gasteiger charge is -2.16. The fourth-order valence-corrected chi connectivity index (χ4v) is 2.17. The summed E-state index contributed by atoms with van der Waals surface area (Å²) in [4.78, 5) is 14.1. The number of amides is 1. The number of hydrogen-bond donors (Lipinski definition) is 0. The number of aryl methyl sites for hydroxylation is 3. The van der Waals surface area contributed by atoms with Gasteiger partial charge in [-0.15, -0.1) is 0 Å². The number of hydrogen-bond acceptors (Lipinski definition) is 3. The Morgan fingerprint density at radius 2 is 2.05 bits per heavy atom. The van der Waals surface area contributed by atoms with Gasteiger partial charge in [-0.1, -0.05) is 0 Å². The Labute approximate surface area is 112 Å². The summed E-state index contributed by atoms with van der Waals surface area (Å²) in [6.07, 6.45) is 3.68. The SMILES string of the molecule is Cc1nn(C)c(C)c1C(=O)N(C)Cc1cnn(C)c1. The molecule has 6 heteroatoms. The highest BCUT2D eigenvalue weighted by Crippen LogP contribution is 2.15. The van der Waals surface area contributed by atoms with E-state index >= 15 is 0 Å². The Kier molecular flexibility index (Phi) is 3.42. The van der Waals surface area contributed by atoms with Crippen LogP contribution in [0.5, 0.6) is 0 Å². The fraction of sp³-hybridized carbons (Fsp3) is 0.462. The minimum atomic E-state index is -0.00745. The highest BCUT2D eigenvalue weighted by Gasteiger charge is 2.20. The molecule has 0 radical (unpaired) electrons. The van der Waals surface area contributed by atoms with E-state index in [1.165, 1.54) is 0 Å². The quantitative estimate of drug-likeness (QED) is 0.829. The molecule has 0 aliphatic rings. The fourth-order valence-electron chi connectivity index (χ4n) is 2.17. The lowest BCUT2D eigenvalue weighted by molar-refractivity contribution is 0.0783. The highest BCUT2D eigenvalue weighted by atomic mass is 16.2. The van der Waals surface area contributed by atoms with Crippen LogP contribution in [0.2, 0.25) is 0 Å². The second-order valence-electron chi connectivity index (χ2n) is 4.85. The van der Waals surface area contributed by atoms with Crippen molar-refractivity contribution in [1.29, 1.82) is 0 Å². The summed E-state index contributed by atoms with van der Waals surface area (Å²) in [5, 5.41) is 8.38. The molecule has 0 atom stereocenters. The summed E-state index contributed by atoms with van der Waals surface area (Å²) < 4.78 is 3.47. The average Bonchev–Trinajstić information content (AvgIpc) is 2.84. The molecule has 0 aromatic carbocycles. The standard InChI is InChI=1S/C13H19N5O/c1-9-12(10(2)18(5)15-9)13(19)16(3)7-11-6-14-17(4)8-11/h6,8H,7H2,1-5H3. The Balaban J connectivity index is 2.19. The van der Waals surface area contributed by atoms with E-state index in [1.807, 2.05) is 34.1 Å². The summed E-state index contributed by atoms with van der Waals surface area (Å²) >= 11 is 0. The lowest BCUT2D eigenvalue weighted by atomic mass is 10.1. The van der Waals surface area contributed by atoms with E-state index in [4.69, 9.17) is 0 Å². The van der Waals surface area contributed by atoms with Gasteiger partial charge in [-0.3, -0.25) is 14.2 Å². The molecule has 0 spiro atoms. The molecule has 102 valence electrons. The van der Waals surface area contributed by atoms with Crippen LogP contribution in [0.15, 0.2) is 12.4 Å². The van der Waals surface area contributed by atoms with Crippen LogP contribution in [0.4, 0.5) is 0 Å². The summed E-state index contributed by atoms with van der Waals surface area (Å²) in [6.45, 7) is 4.31.